The number of hydrogen-bond donors (Lipinski definition) is 0. The first-order valence-electron chi connectivity index (χ1n) is 7.06. The molecule has 0 saturated carbocycles. The maximum Gasteiger partial charge on any atom is 0.236 e. The number of nitriles is 1. The van der Waals surface area contributed by atoms with E-state index in [2.05, 4.69) is 25.8 Å². The van der Waals surface area contributed by atoms with E-state index in [0.29, 0.717) is 19.5 Å². The van der Waals surface area contributed by atoms with Crippen LogP contribution in [0, 0.1) is 11.3 Å². The van der Waals surface area contributed by atoms with E-state index in [9.17, 15) is 4.79 Å². The van der Waals surface area contributed by atoms with Gasteiger partial charge in [-0.3, -0.25) is 9.69 Å². The fourth-order valence-corrected chi connectivity index (χ4v) is 2.21. The largest absolute Gasteiger partial charge is 0.344 e. The third kappa shape index (κ3) is 4.39. The second-order valence-electron chi connectivity index (χ2n) is 5.04. The maximum absolute atomic E-state index is 12.0. The lowest BCUT2D eigenvalue weighted by molar-refractivity contribution is -0.131. The highest BCUT2D eigenvalue weighted by Gasteiger charge is 2.21. The molecule has 21 heavy (non-hydrogen) atoms. The lowest BCUT2D eigenvalue weighted by Gasteiger charge is -2.34. The summed E-state index contributed by atoms with van der Waals surface area (Å²) < 4.78 is 0. The zero-order chi connectivity index (χ0) is 15.1. The van der Waals surface area contributed by atoms with Crippen molar-refractivity contribution in [3.8, 4) is 6.07 Å². The Labute approximate surface area is 124 Å². The molecule has 2 rings (SSSR count). The maximum atomic E-state index is 12.0. The van der Waals surface area contributed by atoms with E-state index in [1.54, 1.807) is 30.4 Å². The van der Waals surface area contributed by atoms with E-state index in [4.69, 9.17) is 5.26 Å². The van der Waals surface area contributed by atoms with Crippen molar-refractivity contribution in [2.75, 3.05) is 51.2 Å². The van der Waals surface area contributed by atoms with E-state index in [1.807, 2.05) is 0 Å². The average molecular weight is 288 g/mol. The molecule has 1 amide bonds. The number of anilines is 1. The lowest BCUT2D eigenvalue weighted by Crippen LogP contribution is -2.50. The number of carbonyl (C=O) groups excluding carboxylic acids is 1. The molecular formula is C14H20N6O. The van der Waals surface area contributed by atoms with Crippen LogP contribution in [0.1, 0.15) is 6.42 Å². The number of amides is 1. The molecule has 7 heteroatoms. The molecule has 1 aromatic heterocycles. The average Bonchev–Trinajstić information content (AvgIpc) is 2.54. The van der Waals surface area contributed by atoms with Gasteiger partial charge in [0.25, 0.3) is 0 Å². The Morgan fingerprint density at radius 3 is 2.62 bits per heavy atom. The van der Waals surface area contributed by atoms with Crippen molar-refractivity contribution in [2.24, 2.45) is 0 Å². The first-order valence-corrected chi connectivity index (χ1v) is 7.06. The Morgan fingerprint density at radius 1 is 1.33 bits per heavy atom. The summed E-state index contributed by atoms with van der Waals surface area (Å²) in [6, 6.07) is 3.85. The van der Waals surface area contributed by atoms with E-state index in [-0.39, 0.29) is 5.91 Å². The monoisotopic (exact) mass is 288 g/mol. The number of aromatic nitrogens is 2. The van der Waals surface area contributed by atoms with Gasteiger partial charge in [-0.2, -0.15) is 5.26 Å². The number of hydrogen-bond acceptors (Lipinski definition) is 6. The van der Waals surface area contributed by atoms with Crippen LogP contribution in [0.5, 0.6) is 0 Å². The van der Waals surface area contributed by atoms with Gasteiger partial charge in [-0.15, -0.1) is 0 Å². The van der Waals surface area contributed by atoms with E-state index >= 15 is 0 Å². The number of nitrogens with zero attached hydrogens (tertiary/aromatic N) is 6. The van der Waals surface area contributed by atoms with Gasteiger partial charge < -0.3 is 9.80 Å². The van der Waals surface area contributed by atoms with Gasteiger partial charge in [0.15, 0.2) is 0 Å². The van der Waals surface area contributed by atoms with Gasteiger partial charge >= 0.3 is 0 Å². The van der Waals surface area contributed by atoms with Crippen molar-refractivity contribution >= 4 is 11.9 Å². The van der Waals surface area contributed by atoms with Crippen LogP contribution < -0.4 is 4.90 Å². The van der Waals surface area contributed by atoms with Gasteiger partial charge in [0.1, 0.15) is 0 Å². The second-order valence-corrected chi connectivity index (χ2v) is 5.04. The van der Waals surface area contributed by atoms with Crippen molar-refractivity contribution < 1.29 is 4.79 Å². The van der Waals surface area contributed by atoms with E-state index < -0.39 is 0 Å². The van der Waals surface area contributed by atoms with Crippen LogP contribution in [0.15, 0.2) is 18.5 Å². The minimum atomic E-state index is 0.0645. The summed E-state index contributed by atoms with van der Waals surface area (Å²) in [4.78, 5) is 26.4. The molecule has 1 aliphatic rings. The van der Waals surface area contributed by atoms with Crippen LogP contribution in [-0.2, 0) is 4.79 Å². The number of rotatable bonds is 5. The highest BCUT2D eigenvalue weighted by atomic mass is 16.2. The molecule has 0 aromatic carbocycles. The van der Waals surface area contributed by atoms with Crippen molar-refractivity contribution in [3.63, 3.8) is 0 Å². The first kappa shape index (κ1) is 15.2. The molecule has 1 fully saturated rings. The minimum absolute atomic E-state index is 0.0645. The highest BCUT2D eigenvalue weighted by molar-refractivity contribution is 5.78. The Balaban J connectivity index is 1.77. The van der Waals surface area contributed by atoms with Crippen molar-refractivity contribution in [3.05, 3.63) is 18.5 Å². The fourth-order valence-electron chi connectivity index (χ4n) is 2.21. The van der Waals surface area contributed by atoms with Gasteiger partial charge in [0.05, 0.1) is 19.0 Å². The molecule has 0 atom stereocenters. The Bertz CT molecular complexity index is 492. The van der Waals surface area contributed by atoms with Crippen LogP contribution in [0.3, 0.4) is 0 Å². The molecule has 0 radical (unpaired) electrons. The quantitative estimate of drug-likeness (QED) is 0.757. The lowest BCUT2D eigenvalue weighted by atomic mass is 10.3. The molecular weight excluding hydrogens is 268 g/mol. The van der Waals surface area contributed by atoms with Crippen LogP contribution in [0.2, 0.25) is 0 Å². The summed E-state index contributed by atoms with van der Waals surface area (Å²) in [6.45, 7) is 4.17. The number of piperazine rings is 1. The number of likely N-dealkylation sites (N-methyl/N-ethyl adjacent to an activating group) is 1. The summed E-state index contributed by atoms with van der Waals surface area (Å²) in [5.41, 5.74) is 0. The molecule has 0 N–H and O–H groups in total. The third-order valence-electron chi connectivity index (χ3n) is 3.55. The third-order valence-corrected chi connectivity index (χ3v) is 3.55. The second kappa shape index (κ2) is 7.55. The van der Waals surface area contributed by atoms with Crippen molar-refractivity contribution in [2.45, 2.75) is 6.42 Å². The summed E-state index contributed by atoms with van der Waals surface area (Å²) in [5, 5.41) is 8.54. The molecule has 112 valence electrons. The molecule has 1 aliphatic heterocycles. The predicted octanol–water partition coefficient (Wildman–Crippen LogP) is -0.0293. The summed E-state index contributed by atoms with van der Waals surface area (Å²) in [6.07, 6.45) is 3.85. The first-order chi connectivity index (χ1) is 10.2. The predicted molar refractivity (Wildman–Crippen MR) is 78.6 cm³/mol. The van der Waals surface area contributed by atoms with Crippen LogP contribution in [0.4, 0.5) is 5.95 Å². The molecule has 0 unspecified atom stereocenters. The summed E-state index contributed by atoms with van der Waals surface area (Å²) in [5.74, 6) is 0.810. The SMILES string of the molecule is CN(CCC#N)C(=O)CN1CCN(c2ncccn2)CC1. The smallest absolute Gasteiger partial charge is 0.236 e. The molecule has 0 aliphatic carbocycles. The molecule has 1 aromatic rings. The van der Waals surface area contributed by atoms with Crippen LogP contribution in [-0.4, -0.2) is 72.0 Å². The molecule has 2 heterocycles. The van der Waals surface area contributed by atoms with Gasteiger partial charge in [0, 0.05) is 52.2 Å². The van der Waals surface area contributed by atoms with E-state index in [0.717, 1.165) is 32.1 Å². The number of carbonyl (C=O) groups is 1. The van der Waals surface area contributed by atoms with Crippen molar-refractivity contribution in [1.29, 1.82) is 5.26 Å². The zero-order valence-corrected chi connectivity index (χ0v) is 12.3. The highest BCUT2D eigenvalue weighted by Crippen LogP contribution is 2.09. The van der Waals surface area contributed by atoms with E-state index in [1.165, 1.54) is 0 Å². The van der Waals surface area contributed by atoms with Gasteiger partial charge in [-0.25, -0.2) is 9.97 Å². The van der Waals surface area contributed by atoms with Crippen LogP contribution >= 0.6 is 0 Å². The Kier molecular flexibility index (Phi) is 5.46. The Morgan fingerprint density at radius 2 is 2.00 bits per heavy atom. The normalized spacial score (nSPS) is 15.5. The standard InChI is InChI=1S/C14H20N6O/c1-18(7-2-4-15)13(21)12-19-8-10-20(11-9-19)14-16-5-3-6-17-14/h3,5-6H,2,7-12H2,1H3. The van der Waals surface area contributed by atoms with Crippen LogP contribution in [0.25, 0.3) is 0 Å². The zero-order valence-electron chi connectivity index (χ0n) is 12.3. The van der Waals surface area contributed by atoms with Crippen molar-refractivity contribution in [1.82, 2.24) is 19.8 Å². The van der Waals surface area contributed by atoms with Gasteiger partial charge in [-0.1, -0.05) is 0 Å². The van der Waals surface area contributed by atoms with Gasteiger partial charge in [-0.05, 0) is 6.07 Å². The molecule has 0 bridgehead atoms. The summed E-state index contributed by atoms with van der Waals surface area (Å²) in [7, 11) is 1.74. The molecule has 0 spiro atoms. The summed E-state index contributed by atoms with van der Waals surface area (Å²) >= 11 is 0. The minimum Gasteiger partial charge on any atom is -0.344 e. The topological polar surface area (TPSA) is 76.4 Å². The van der Waals surface area contributed by atoms with Gasteiger partial charge in [0.2, 0.25) is 11.9 Å². The molecule has 1 saturated heterocycles. The Hall–Kier alpha value is -2.20. The fraction of sp³-hybridized carbons (Fsp3) is 0.571. The molecule has 7 nitrogen and oxygen atoms in total.